The van der Waals surface area contributed by atoms with E-state index in [1.165, 1.54) is 75.5 Å². The maximum Gasteiger partial charge on any atom is 0.310 e. The van der Waals surface area contributed by atoms with Gasteiger partial charge in [0.05, 0.1) is 19.1 Å². The summed E-state index contributed by atoms with van der Waals surface area (Å²) in [6.07, 6.45) is 21.1. The van der Waals surface area contributed by atoms with Crippen LogP contribution in [0, 0.1) is 5.92 Å². The lowest BCUT2D eigenvalue weighted by atomic mass is 10.0. The summed E-state index contributed by atoms with van der Waals surface area (Å²) in [4.78, 5) is 24.9. The van der Waals surface area contributed by atoms with Gasteiger partial charge in [-0.05, 0) is 12.8 Å². The highest BCUT2D eigenvalue weighted by atomic mass is 16.4. The van der Waals surface area contributed by atoms with Gasteiger partial charge in [-0.1, -0.05) is 96.1 Å². The highest BCUT2D eigenvalue weighted by Crippen LogP contribution is 2.14. The molecular weight excluding hydrogens is 394 g/mol. The number of carboxylic acids is 1. The van der Waals surface area contributed by atoms with E-state index in [-0.39, 0.29) is 38.6 Å². The van der Waals surface area contributed by atoms with E-state index in [4.69, 9.17) is 10.2 Å². The molecule has 0 heterocycles. The number of nitrogens with zero attached hydrogens (tertiary/aromatic N) is 1. The molecule has 0 saturated heterocycles. The minimum absolute atomic E-state index is 0.106. The number of carbonyl (C=O) groups excluding carboxylic acids is 1. The molecule has 0 aromatic carbocycles. The third-order valence-corrected chi connectivity index (χ3v) is 5.65. The van der Waals surface area contributed by atoms with E-state index < -0.39 is 11.9 Å². The van der Waals surface area contributed by atoms with Crippen molar-refractivity contribution in [3.63, 3.8) is 0 Å². The Balaban J connectivity index is 3.84. The van der Waals surface area contributed by atoms with Crippen LogP contribution in [0.5, 0.6) is 0 Å². The number of aliphatic carboxylic acids is 1. The molecule has 3 N–H and O–H groups in total. The summed E-state index contributed by atoms with van der Waals surface area (Å²) in [5.74, 6) is -2.25. The average molecular weight is 442 g/mol. The fourth-order valence-electron chi connectivity index (χ4n) is 3.70. The van der Waals surface area contributed by atoms with Crippen LogP contribution in [0.1, 0.15) is 103 Å². The lowest BCUT2D eigenvalue weighted by molar-refractivity contribution is -0.144. The van der Waals surface area contributed by atoms with Crippen molar-refractivity contribution in [1.82, 2.24) is 4.90 Å². The summed E-state index contributed by atoms with van der Waals surface area (Å²) in [7, 11) is 0. The van der Waals surface area contributed by atoms with Gasteiger partial charge < -0.3 is 20.2 Å². The first-order chi connectivity index (χ1) is 15.1. The zero-order valence-corrected chi connectivity index (χ0v) is 19.8. The van der Waals surface area contributed by atoms with Crippen molar-refractivity contribution in [3.8, 4) is 0 Å². The molecule has 0 aliphatic rings. The van der Waals surface area contributed by atoms with Crippen molar-refractivity contribution in [3.05, 3.63) is 12.2 Å². The number of carboxylic acid groups (broad SMARTS) is 1. The molecule has 31 heavy (non-hydrogen) atoms. The predicted octanol–water partition coefficient (Wildman–Crippen LogP) is 4.93. The molecule has 0 bridgehead atoms. The van der Waals surface area contributed by atoms with Crippen LogP contribution in [-0.4, -0.2) is 58.4 Å². The molecule has 0 saturated carbocycles. The SMILES string of the molecule is CCCCCCCCCCCCCCCC=CC(CC(=O)N(CCO)CCO)C(=O)O. The van der Waals surface area contributed by atoms with Crippen molar-refractivity contribution in [2.75, 3.05) is 26.3 Å². The zero-order valence-electron chi connectivity index (χ0n) is 19.8. The number of carbonyl (C=O) groups is 2. The normalized spacial score (nSPS) is 12.4. The highest BCUT2D eigenvalue weighted by molar-refractivity contribution is 5.83. The first-order valence-corrected chi connectivity index (χ1v) is 12.5. The minimum atomic E-state index is -1.03. The van der Waals surface area contributed by atoms with Gasteiger partial charge in [-0.15, -0.1) is 0 Å². The highest BCUT2D eigenvalue weighted by Gasteiger charge is 2.21. The number of hydrogen-bond donors (Lipinski definition) is 3. The van der Waals surface area contributed by atoms with E-state index >= 15 is 0 Å². The quantitative estimate of drug-likeness (QED) is 0.163. The zero-order chi connectivity index (χ0) is 23.2. The number of unbranched alkanes of at least 4 members (excludes halogenated alkanes) is 13. The Morgan fingerprint density at radius 2 is 1.23 bits per heavy atom. The van der Waals surface area contributed by atoms with Crippen LogP contribution in [0.25, 0.3) is 0 Å². The van der Waals surface area contributed by atoms with Crippen molar-refractivity contribution < 1.29 is 24.9 Å². The van der Waals surface area contributed by atoms with Gasteiger partial charge in [0.25, 0.3) is 0 Å². The van der Waals surface area contributed by atoms with E-state index in [0.29, 0.717) is 0 Å². The van der Waals surface area contributed by atoms with Crippen molar-refractivity contribution in [2.24, 2.45) is 5.92 Å². The summed E-state index contributed by atoms with van der Waals surface area (Å²) in [6.45, 7) is 2.04. The third-order valence-electron chi connectivity index (χ3n) is 5.65. The lowest BCUT2D eigenvalue weighted by Gasteiger charge is -2.21. The van der Waals surface area contributed by atoms with Gasteiger partial charge >= 0.3 is 5.97 Å². The summed E-state index contributed by atoms with van der Waals surface area (Å²) in [5.41, 5.74) is 0. The average Bonchev–Trinajstić information content (AvgIpc) is 2.75. The van der Waals surface area contributed by atoms with Gasteiger partial charge in [-0.3, -0.25) is 9.59 Å². The first-order valence-electron chi connectivity index (χ1n) is 12.5. The molecular formula is C25H47NO5. The maximum absolute atomic E-state index is 12.2. The number of allylic oxidation sites excluding steroid dienone is 1. The smallest absolute Gasteiger partial charge is 0.310 e. The van der Waals surface area contributed by atoms with Gasteiger partial charge in [-0.2, -0.15) is 0 Å². The molecule has 0 aromatic rings. The Morgan fingerprint density at radius 1 is 0.774 bits per heavy atom. The standard InChI is InChI=1S/C25H47NO5/c1-2-3-4-5-6-7-8-9-10-11-12-13-14-15-16-17-23(25(30)31)22-24(29)26(18-20-27)19-21-28/h16-17,23,27-28H,2-15,18-22H2,1H3,(H,30,31). The maximum atomic E-state index is 12.2. The Kier molecular flexibility index (Phi) is 20.8. The van der Waals surface area contributed by atoms with E-state index in [9.17, 15) is 14.7 Å². The molecule has 0 aliphatic carbocycles. The Bertz CT molecular complexity index is 461. The second kappa shape index (κ2) is 21.8. The largest absolute Gasteiger partial charge is 0.481 e. The number of aliphatic hydroxyl groups is 2. The van der Waals surface area contributed by atoms with Crippen LogP contribution in [0.3, 0.4) is 0 Å². The predicted molar refractivity (Wildman–Crippen MR) is 126 cm³/mol. The molecule has 0 spiro atoms. The summed E-state index contributed by atoms with van der Waals surface area (Å²) < 4.78 is 0. The molecule has 1 amide bonds. The van der Waals surface area contributed by atoms with Crippen LogP contribution >= 0.6 is 0 Å². The Morgan fingerprint density at radius 3 is 1.65 bits per heavy atom. The van der Waals surface area contributed by atoms with Crippen molar-refractivity contribution >= 4 is 11.9 Å². The van der Waals surface area contributed by atoms with Gasteiger partial charge in [0.2, 0.25) is 5.91 Å². The van der Waals surface area contributed by atoms with Crippen molar-refractivity contribution in [2.45, 2.75) is 103 Å². The summed E-state index contributed by atoms with van der Waals surface area (Å²) >= 11 is 0. The molecule has 1 unspecified atom stereocenters. The Hall–Kier alpha value is -1.40. The lowest BCUT2D eigenvalue weighted by Crippen LogP contribution is -2.37. The van der Waals surface area contributed by atoms with Crippen LogP contribution in [0.2, 0.25) is 0 Å². The summed E-state index contributed by atoms with van der Waals surface area (Å²) in [5, 5.41) is 27.4. The van der Waals surface area contributed by atoms with Gasteiger partial charge in [0.1, 0.15) is 0 Å². The number of aliphatic hydroxyl groups excluding tert-OH is 2. The third kappa shape index (κ3) is 17.9. The monoisotopic (exact) mass is 441 g/mol. The Labute approximate surface area is 189 Å². The van der Waals surface area contributed by atoms with Crippen LogP contribution in [-0.2, 0) is 9.59 Å². The van der Waals surface area contributed by atoms with Crippen LogP contribution in [0.4, 0.5) is 0 Å². The van der Waals surface area contributed by atoms with Crippen LogP contribution in [0.15, 0.2) is 12.2 Å². The van der Waals surface area contributed by atoms with Gasteiger partial charge in [-0.25, -0.2) is 0 Å². The molecule has 0 fully saturated rings. The molecule has 0 rings (SSSR count). The molecule has 0 aromatic heterocycles. The fourth-order valence-corrected chi connectivity index (χ4v) is 3.70. The van der Waals surface area contributed by atoms with Gasteiger partial charge in [0.15, 0.2) is 0 Å². The van der Waals surface area contributed by atoms with E-state index in [2.05, 4.69) is 6.92 Å². The number of amides is 1. The molecule has 1 atom stereocenters. The van der Waals surface area contributed by atoms with E-state index in [1.54, 1.807) is 6.08 Å². The number of hydrogen-bond acceptors (Lipinski definition) is 4. The molecule has 0 aliphatic heterocycles. The molecule has 6 heteroatoms. The minimum Gasteiger partial charge on any atom is -0.481 e. The number of rotatable bonds is 22. The van der Waals surface area contributed by atoms with Gasteiger partial charge in [0, 0.05) is 19.5 Å². The van der Waals surface area contributed by atoms with Crippen LogP contribution < -0.4 is 0 Å². The molecule has 182 valence electrons. The summed E-state index contributed by atoms with van der Waals surface area (Å²) in [6, 6.07) is 0. The second-order valence-electron chi connectivity index (χ2n) is 8.44. The molecule has 6 nitrogen and oxygen atoms in total. The fraction of sp³-hybridized carbons (Fsp3) is 0.840. The first kappa shape index (κ1) is 29.6. The van der Waals surface area contributed by atoms with Crippen molar-refractivity contribution in [1.29, 1.82) is 0 Å². The molecule has 0 radical (unpaired) electrons. The van der Waals surface area contributed by atoms with E-state index in [0.717, 1.165) is 19.3 Å². The second-order valence-corrected chi connectivity index (χ2v) is 8.44. The van der Waals surface area contributed by atoms with E-state index in [1.807, 2.05) is 6.08 Å². The topological polar surface area (TPSA) is 98.1 Å².